The molecule has 21 heavy (non-hydrogen) atoms. The largest absolute Gasteiger partial charge is 0.481 e. The molecule has 1 unspecified atom stereocenters. The van der Waals surface area contributed by atoms with Gasteiger partial charge >= 0.3 is 12.0 Å². The summed E-state index contributed by atoms with van der Waals surface area (Å²) in [7, 11) is 0. The first-order valence-corrected chi connectivity index (χ1v) is 7.37. The van der Waals surface area contributed by atoms with E-state index in [0.717, 1.165) is 0 Å². The average Bonchev–Trinajstić information content (AvgIpc) is 2.44. The molecule has 0 radical (unpaired) electrons. The third kappa shape index (κ3) is 5.61. The minimum absolute atomic E-state index is 0.211. The number of carboxylic acid groups (broad SMARTS) is 1. The fourth-order valence-electron chi connectivity index (χ4n) is 2.13. The summed E-state index contributed by atoms with van der Waals surface area (Å²) in [5.41, 5.74) is 0. The lowest BCUT2D eigenvalue weighted by atomic mass is 9.97. The summed E-state index contributed by atoms with van der Waals surface area (Å²) in [5.74, 6) is -1.04. The van der Waals surface area contributed by atoms with E-state index in [9.17, 15) is 14.4 Å². The molecule has 0 aromatic rings. The van der Waals surface area contributed by atoms with Gasteiger partial charge in [0, 0.05) is 19.6 Å². The second kappa shape index (κ2) is 7.85. The van der Waals surface area contributed by atoms with E-state index in [1.165, 1.54) is 0 Å². The Morgan fingerprint density at radius 3 is 2.24 bits per heavy atom. The molecular formula is C14H25N3O4. The summed E-state index contributed by atoms with van der Waals surface area (Å²) >= 11 is 0. The van der Waals surface area contributed by atoms with Gasteiger partial charge in [-0.2, -0.15) is 0 Å². The maximum absolute atomic E-state index is 12.0. The molecule has 7 nitrogen and oxygen atoms in total. The van der Waals surface area contributed by atoms with Crippen LogP contribution < -0.4 is 10.6 Å². The molecule has 3 amide bonds. The normalized spacial score (nSPS) is 17.4. The summed E-state index contributed by atoms with van der Waals surface area (Å²) < 4.78 is 0. The lowest BCUT2D eigenvalue weighted by Gasteiger charge is -2.31. The van der Waals surface area contributed by atoms with Crippen molar-refractivity contribution >= 4 is 17.9 Å². The van der Waals surface area contributed by atoms with Crippen molar-refractivity contribution in [1.29, 1.82) is 0 Å². The van der Waals surface area contributed by atoms with E-state index >= 15 is 0 Å². The Kier molecular flexibility index (Phi) is 6.45. The van der Waals surface area contributed by atoms with Crippen LogP contribution in [-0.4, -0.2) is 53.6 Å². The second-order valence-electron chi connectivity index (χ2n) is 5.91. The molecule has 0 aliphatic carbocycles. The molecule has 0 saturated carbocycles. The number of urea groups is 1. The SMILES string of the molecule is CC(C)CNC(=O)C(C)NC(=O)N1CCC(C(=O)O)CC1. The zero-order chi connectivity index (χ0) is 16.0. The summed E-state index contributed by atoms with van der Waals surface area (Å²) in [4.78, 5) is 36.2. The van der Waals surface area contributed by atoms with E-state index in [1.54, 1.807) is 11.8 Å². The van der Waals surface area contributed by atoms with Crippen LogP contribution in [0.1, 0.15) is 33.6 Å². The molecule has 3 N–H and O–H groups in total. The third-order valence-electron chi connectivity index (χ3n) is 3.55. The molecule has 0 spiro atoms. The first-order valence-electron chi connectivity index (χ1n) is 7.37. The van der Waals surface area contributed by atoms with Crippen LogP contribution in [-0.2, 0) is 9.59 Å². The lowest BCUT2D eigenvalue weighted by Crippen LogP contribution is -2.52. The van der Waals surface area contributed by atoms with Crippen molar-refractivity contribution in [3.05, 3.63) is 0 Å². The quantitative estimate of drug-likeness (QED) is 0.694. The van der Waals surface area contributed by atoms with Gasteiger partial charge in [0.1, 0.15) is 6.04 Å². The summed E-state index contributed by atoms with van der Waals surface area (Å²) in [5, 5.41) is 14.3. The second-order valence-corrected chi connectivity index (χ2v) is 5.91. The first kappa shape index (κ1) is 17.3. The fraction of sp³-hybridized carbons (Fsp3) is 0.786. The van der Waals surface area contributed by atoms with Crippen LogP contribution in [0, 0.1) is 11.8 Å². The van der Waals surface area contributed by atoms with Crippen LogP contribution in [0.5, 0.6) is 0 Å². The molecule has 1 aliphatic heterocycles. The van der Waals surface area contributed by atoms with Crippen LogP contribution in [0.3, 0.4) is 0 Å². The van der Waals surface area contributed by atoms with Gasteiger partial charge in [-0.3, -0.25) is 9.59 Å². The van der Waals surface area contributed by atoms with Gasteiger partial charge < -0.3 is 20.6 Å². The van der Waals surface area contributed by atoms with Crippen molar-refractivity contribution in [3.63, 3.8) is 0 Å². The molecule has 120 valence electrons. The van der Waals surface area contributed by atoms with Crippen molar-refractivity contribution < 1.29 is 19.5 Å². The van der Waals surface area contributed by atoms with Gasteiger partial charge in [-0.15, -0.1) is 0 Å². The Bertz CT molecular complexity index is 390. The van der Waals surface area contributed by atoms with Gasteiger partial charge in [-0.05, 0) is 25.7 Å². The maximum atomic E-state index is 12.0. The van der Waals surface area contributed by atoms with Gasteiger partial charge in [0.2, 0.25) is 5.91 Å². The highest BCUT2D eigenvalue weighted by Crippen LogP contribution is 2.17. The Balaban J connectivity index is 2.36. The summed E-state index contributed by atoms with van der Waals surface area (Å²) in [6.45, 7) is 7.01. The predicted octanol–water partition coefficient (Wildman–Crippen LogP) is 0.653. The van der Waals surface area contributed by atoms with Crippen molar-refractivity contribution in [3.8, 4) is 0 Å². The number of nitrogens with one attached hydrogen (secondary N) is 2. The summed E-state index contributed by atoms with van der Waals surface area (Å²) in [6.07, 6.45) is 0.910. The number of likely N-dealkylation sites (tertiary alicyclic amines) is 1. The third-order valence-corrected chi connectivity index (χ3v) is 3.55. The molecule has 0 aromatic heterocycles. The van der Waals surface area contributed by atoms with Gasteiger partial charge in [-0.25, -0.2) is 4.79 Å². The molecule has 1 rings (SSSR count). The van der Waals surface area contributed by atoms with E-state index in [4.69, 9.17) is 5.11 Å². The summed E-state index contributed by atoms with van der Waals surface area (Å²) in [6, 6.07) is -0.917. The molecule has 1 heterocycles. The molecule has 1 atom stereocenters. The monoisotopic (exact) mass is 299 g/mol. The number of nitrogens with zero attached hydrogens (tertiary/aromatic N) is 1. The van der Waals surface area contributed by atoms with E-state index in [-0.39, 0.29) is 17.9 Å². The predicted molar refractivity (Wildman–Crippen MR) is 77.8 cm³/mol. The number of hydrogen-bond acceptors (Lipinski definition) is 3. The van der Waals surface area contributed by atoms with Crippen molar-refractivity contribution in [2.24, 2.45) is 11.8 Å². The van der Waals surface area contributed by atoms with E-state index < -0.39 is 12.0 Å². The molecule has 0 aromatic carbocycles. The first-order chi connectivity index (χ1) is 9.81. The van der Waals surface area contributed by atoms with Crippen molar-refractivity contribution in [2.75, 3.05) is 19.6 Å². The maximum Gasteiger partial charge on any atom is 0.318 e. The number of hydrogen-bond donors (Lipinski definition) is 3. The highest BCUT2D eigenvalue weighted by atomic mass is 16.4. The number of rotatable bonds is 5. The van der Waals surface area contributed by atoms with Gasteiger partial charge in [0.25, 0.3) is 0 Å². The Morgan fingerprint density at radius 1 is 1.19 bits per heavy atom. The number of amides is 3. The number of carbonyl (C=O) groups is 3. The van der Waals surface area contributed by atoms with Crippen LogP contribution in [0.2, 0.25) is 0 Å². The highest BCUT2D eigenvalue weighted by molar-refractivity contribution is 5.86. The van der Waals surface area contributed by atoms with E-state index in [1.807, 2.05) is 13.8 Å². The van der Waals surface area contributed by atoms with E-state index in [0.29, 0.717) is 38.4 Å². The number of piperidine rings is 1. The van der Waals surface area contributed by atoms with E-state index in [2.05, 4.69) is 10.6 Å². The minimum Gasteiger partial charge on any atom is -0.481 e. The van der Waals surface area contributed by atoms with Gasteiger partial charge in [0.15, 0.2) is 0 Å². The zero-order valence-corrected chi connectivity index (χ0v) is 12.9. The molecule has 7 heteroatoms. The molecule has 1 aliphatic rings. The highest BCUT2D eigenvalue weighted by Gasteiger charge is 2.28. The van der Waals surface area contributed by atoms with Crippen LogP contribution >= 0.6 is 0 Å². The average molecular weight is 299 g/mol. The Morgan fingerprint density at radius 2 is 1.76 bits per heavy atom. The molecule has 1 fully saturated rings. The van der Waals surface area contributed by atoms with Crippen LogP contribution in [0.4, 0.5) is 4.79 Å². The van der Waals surface area contributed by atoms with Crippen molar-refractivity contribution in [1.82, 2.24) is 15.5 Å². The van der Waals surface area contributed by atoms with Crippen LogP contribution in [0.25, 0.3) is 0 Å². The number of carbonyl (C=O) groups excluding carboxylic acids is 2. The molecule has 0 bridgehead atoms. The molecular weight excluding hydrogens is 274 g/mol. The standard InChI is InChI=1S/C14H25N3O4/c1-9(2)8-15-12(18)10(3)16-14(21)17-6-4-11(5-7-17)13(19)20/h9-11H,4-8H2,1-3H3,(H,15,18)(H,16,21)(H,19,20). The Hall–Kier alpha value is -1.79. The minimum atomic E-state index is -0.809. The topological polar surface area (TPSA) is 98.7 Å². The molecule has 1 saturated heterocycles. The lowest BCUT2D eigenvalue weighted by molar-refractivity contribution is -0.143. The fourth-order valence-corrected chi connectivity index (χ4v) is 2.13. The Labute approximate surface area is 125 Å². The zero-order valence-electron chi connectivity index (χ0n) is 12.9. The smallest absolute Gasteiger partial charge is 0.318 e. The number of aliphatic carboxylic acids is 1. The van der Waals surface area contributed by atoms with Crippen LogP contribution in [0.15, 0.2) is 0 Å². The number of carboxylic acids is 1. The van der Waals surface area contributed by atoms with Gasteiger partial charge in [0.05, 0.1) is 5.92 Å². The van der Waals surface area contributed by atoms with Crippen molar-refractivity contribution in [2.45, 2.75) is 39.7 Å². The van der Waals surface area contributed by atoms with Gasteiger partial charge in [-0.1, -0.05) is 13.8 Å².